The van der Waals surface area contributed by atoms with Crippen molar-refractivity contribution in [2.45, 2.75) is 12.1 Å². The van der Waals surface area contributed by atoms with Crippen molar-refractivity contribution < 1.29 is 13.9 Å². The van der Waals surface area contributed by atoms with Crippen LogP contribution in [0.2, 0.25) is 0 Å². The van der Waals surface area contributed by atoms with Gasteiger partial charge in [-0.15, -0.1) is 10.2 Å². The van der Waals surface area contributed by atoms with Gasteiger partial charge in [0.25, 0.3) is 5.22 Å². The molecule has 7 nitrogen and oxygen atoms in total. The first-order chi connectivity index (χ1) is 14.2. The highest BCUT2D eigenvalue weighted by Gasteiger charge is 2.13. The monoisotopic (exact) mass is 410 g/mol. The zero-order valence-corrected chi connectivity index (χ0v) is 16.9. The second-order valence-corrected chi connectivity index (χ2v) is 7.65. The van der Waals surface area contributed by atoms with E-state index in [4.69, 9.17) is 9.15 Å². The van der Waals surface area contributed by atoms with E-state index in [2.05, 4.69) is 20.4 Å². The third-order valence-corrected chi connectivity index (χ3v) is 5.34. The Morgan fingerprint density at radius 2 is 1.93 bits per heavy atom. The van der Waals surface area contributed by atoms with E-state index in [9.17, 15) is 4.79 Å². The van der Waals surface area contributed by atoms with Crippen molar-refractivity contribution in [1.29, 1.82) is 0 Å². The van der Waals surface area contributed by atoms with Gasteiger partial charge < -0.3 is 19.4 Å². The molecule has 1 aliphatic rings. The summed E-state index contributed by atoms with van der Waals surface area (Å²) in [4.78, 5) is 14.5. The molecule has 0 atom stereocenters. The quantitative estimate of drug-likeness (QED) is 0.622. The molecule has 1 N–H and O–H groups in total. The lowest BCUT2D eigenvalue weighted by atomic mass is 10.1. The molecule has 0 radical (unpaired) electrons. The Balaban J connectivity index is 1.29. The van der Waals surface area contributed by atoms with Gasteiger partial charge in [-0.2, -0.15) is 0 Å². The molecule has 1 aliphatic heterocycles. The lowest BCUT2D eigenvalue weighted by molar-refractivity contribution is -0.113. The number of hydrogen-bond donors (Lipinski definition) is 1. The van der Waals surface area contributed by atoms with Gasteiger partial charge in [-0.05, 0) is 43.3 Å². The molecule has 0 bridgehead atoms. The molecule has 0 unspecified atom stereocenters. The van der Waals surface area contributed by atoms with Gasteiger partial charge >= 0.3 is 0 Å². The van der Waals surface area contributed by atoms with Crippen LogP contribution in [0.5, 0.6) is 0 Å². The van der Waals surface area contributed by atoms with E-state index in [0.29, 0.717) is 11.1 Å². The number of aromatic nitrogens is 2. The zero-order valence-electron chi connectivity index (χ0n) is 16.1. The number of amides is 1. The van der Waals surface area contributed by atoms with E-state index < -0.39 is 0 Å². The molecule has 2 aromatic carbocycles. The molecule has 4 rings (SSSR count). The third kappa shape index (κ3) is 5.16. The molecule has 1 saturated heterocycles. The Bertz CT molecular complexity index is 968. The third-order valence-electron chi connectivity index (χ3n) is 4.53. The fourth-order valence-electron chi connectivity index (χ4n) is 3.06. The number of anilines is 2. The van der Waals surface area contributed by atoms with Crippen molar-refractivity contribution in [3.63, 3.8) is 0 Å². The summed E-state index contributed by atoms with van der Waals surface area (Å²) in [6, 6.07) is 15.7. The Morgan fingerprint density at radius 1 is 1.14 bits per heavy atom. The van der Waals surface area contributed by atoms with Gasteiger partial charge in [0, 0.05) is 30.0 Å². The fraction of sp³-hybridized carbons (Fsp3) is 0.286. The number of nitrogens with one attached hydrogen (secondary N) is 1. The lowest BCUT2D eigenvalue weighted by Gasteiger charge is -2.28. The largest absolute Gasteiger partial charge is 0.411 e. The first-order valence-corrected chi connectivity index (χ1v) is 10.4. The molecule has 150 valence electrons. The van der Waals surface area contributed by atoms with Crippen LogP contribution in [0.1, 0.15) is 5.56 Å². The molecule has 1 fully saturated rings. The van der Waals surface area contributed by atoms with Crippen LogP contribution in [0.3, 0.4) is 0 Å². The number of rotatable bonds is 6. The molecule has 8 heteroatoms. The minimum absolute atomic E-state index is 0.121. The summed E-state index contributed by atoms with van der Waals surface area (Å²) in [5.41, 5.74) is 3.89. The number of carbonyl (C=O) groups excluding carboxylic acids is 1. The number of nitrogens with zero attached hydrogens (tertiary/aromatic N) is 3. The van der Waals surface area contributed by atoms with Gasteiger partial charge in [0.15, 0.2) is 0 Å². The fourth-order valence-corrected chi connectivity index (χ4v) is 3.63. The topological polar surface area (TPSA) is 80.5 Å². The van der Waals surface area contributed by atoms with Gasteiger partial charge in [0.2, 0.25) is 11.8 Å². The lowest BCUT2D eigenvalue weighted by Crippen LogP contribution is -2.36. The van der Waals surface area contributed by atoms with Gasteiger partial charge in [-0.1, -0.05) is 29.5 Å². The number of ether oxygens (including phenoxy) is 1. The molecule has 29 heavy (non-hydrogen) atoms. The number of benzene rings is 2. The first-order valence-electron chi connectivity index (χ1n) is 9.43. The van der Waals surface area contributed by atoms with Crippen LogP contribution >= 0.6 is 11.8 Å². The van der Waals surface area contributed by atoms with Gasteiger partial charge in [-0.25, -0.2) is 0 Å². The van der Waals surface area contributed by atoms with Crippen LogP contribution in [0.4, 0.5) is 11.4 Å². The summed E-state index contributed by atoms with van der Waals surface area (Å²) in [6.45, 7) is 5.27. The van der Waals surface area contributed by atoms with Crippen molar-refractivity contribution in [1.82, 2.24) is 10.2 Å². The smallest absolute Gasteiger partial charge is 0.277 e. The van der Waals surface area contributed by atoms with Gasteiger partial charge in [0.1, 0.15) is 0 Å². The zero-order chi connectivity index (χ0) is 20.1. The maximum atomic E-state index is 12.2. The highest BCUT2D eigenvalue weighted by Crippen LogP contribution is 2.24. The summed E-state index contributed by atoms with van der Waals surface area (Å²) in [6.07, 6.45) is 0. The maximum absolute atomic E-state index is 12.2. The second-order valence-electron chi connectivity index (χ2n) is 6.73. The van der Waals surface area contributed by atoms with Crippen molar-refractivity contribution in [3.8, 4) is 11.5 Å². The van der Waals surface area contributed by atoms with Crippen molar-refractivity contribution >= 4 is 29.0 Å². The Labute approximate surface area is 173 Å². The van der Waals surface area contributed by atoms with Crippen LogP contribution in [-0.4, -0.2) is 48.2 Å². The Kier molecular flexibility index (Phi) is 6.12. The van der Waals surface area contributed by atoms with Gasteiger partial charge in [-0.3, -0.25) is 4.79 Å². The summed E-state index contributed by atoms with van der Waals surface area (Å²) >= 11 is 1.22. The number of hydrogen-bond acceptors (Lipinski definition) is 7. The summed E-state index contributed by atoms with van der Waals surface area (Å²) in [5, 5.41) is 11.3. The predicted octanol–water partition coefficient (Wildman–Crippen LogP) is 3.61. The van der Waals surface area contributed by atoms with Crippen LogP contribution in [-0.2, 0) is 9.53 Å². The van der Waals surface area contributed by atoms with Gasteiger partial charge in [0.05, 0.1) is 19.0 Å². The average molecular weight is 410 g/mol. The molecule has 0 saturated carbocycles. The Hall–Kier alpha value is -2.84. The number of carbonyl (C=O) groups is 1. The van der Waals surface area contributed by atoms with E-state index >= 15 is 0 Å². The van der Waals surface area contributed by atoms with Crippen molar-refractivity contribution in [2.24, 2.45) is 0 Å². The molecule has 1 aromatic heterocycles. The number of aryl methyl sites for hydroxylation is 1. The van der Waals surface area contributed by atoms with Crippen molar-refractivity contribution in [3.05, 3.63) is 54.1 Å². The van der Waals surface area contributed by atoms with Crippen LogP contribution in [0.15, 0.2) is 58.2 Å². The molecular formula is C21H22N4O3S. The average Bonchev–Trinajstić information content (AvgIpc) is 3.23. The molecular weight excluding hydrogens is 388 g/mol. The summed E-state index contributed by atoms with van der Waals surface area (Å²) in [5.74, 6) is 0.528. The second kappa shape index (κ2) is 9.11. The minimum Gasteiger partial charge on any atom is -0.411 e. The predicted molar refractivity (Wildman–Crippen MR) is 113 cm³/mol. The maximum Gasteiger partial charge on any atom is 0.277 e. The van der Waals surface area contributed by atoms with Crippen LogP contribution < -0.4 is 10.2 Å². The Morgan fingerprint density at radius 3 is 2.69 bits per heavy atom. The highest BCUT2D eigenvalue weighted by atomic mass is 32.2. The molecule has 2 heterocycles. The van der Waals surface area contributed by atoms with E-state index in [1.165, 1.54) is 11.8 Å². The van der Waals surface area contributed by atoms with E-state index in [-0.39, 0.29) is 11.7 Å². The normalized spacial score (nSPS) is 14.0. The van der Waals surface area contributed by atoms with E-state index in [0.717, 1.165) is 48.8 Å². The first kappa shape index (κ1) is 19.5. The van der Waals surface area contributed by atoms with Crippen molar-refractivity contribution in [2.75, 3.05) is 42.3 Å². The van der Waals surface area contributed by atoms with E-state index in [1.54, 1.807) is 0 Å². The number of morpholine rings is 1. The SMILES string of the molecule is Cc1cccc(-c2nnc(SCC(=O)Nc3ccc(N4CCOCC4)cc3)o2)c1. The van der Waals surface area contributed by atoms with E-state index in [1.807, 2.05) is 55.5 Å². The van der Waals surface area contributed by atoms with Crippen LogP contribution in [0.25, 0.3) is 11.5 Å². The summed E-state index contributed by atoms with van der Waals surface area (Å²) in [7, 11) is 0. The highest BCUT2D eigenvalue weighted by molar-refractivity contribution is 7.99. The number of thioether (sulfide) groups is 1. The molecule has 3 aromatic rings. The molecule has 0 aliphatic carbocycles. The molecule has 0 spiro atoms. The minimum atomic E-state index is -0.121. The molecule has 1 amide bonds. The van der Waals surface area contributed by atoms with Crippen LogP contribution in [0, 0.1) is 6.92 Å². The summed E-state index contributed by atoms with van der Waals surface area (Å²) < 4.78 is 11.0. The standard InChI is InChI=1S/C21H22N4O3S/c1-15-3-2-4-16(13-15)20-23-24-21(28-20)29-14-19(26)22-17-5-7-18(8-6-17)25-9-11-27-12-10-25/h2-8,13H,9-12,14H2,1H3,(H,22,26).